The summed E-state index contributed by atoms with van der Waals surface area (Å²) in [7, 11) is -1.54. The molecule has 0 fully saturated rings. The Morgan fingerprint density at radius 2 is 2.03 bits per heavy atom. The second-order valence-electron chi connectivity index (χ2n) is 7.63. The van der Waals surface area contributed by atoms with Crippen LogP contribution in [0.15, 0.2) is 47.8 Å². The third-order valence-electron chi connectivity index (χ3n) is 5.53. The van der Waals surface area contributed by atoms with Crippen molar-refractivity contribution in [1.29, 1.82) is 5.26 Å². The summed E-state index contributed by atoms with van der Waals surface area (Å²) in [6, 6.07) is 9.60. The Morgan fingerprint density at radius 1 is 1.18 bits per heavy atom. The molecule has 2 heterocycles. The maximum Gasteiger partial charge on any atom is 0.292 e. The molecule has 2 N–H and O–H groups in total. The zero-order valence-corrected chi connectivity index (χ0v) is 20.5. The lowest BCUT2D eigenvalue weighted by Gasteiger charge is -2.13. The van der Waals surface area contributed by atoms with Crippen LogP contribution in [-0.2, 0) is 30.4 Å². The Bertz CT molecular complexity index is 1160. The fourth-order valence-electron chi connectivity index (χ4n) is 3.98. The minimum atomic E-state index is -1.54. The van der Waals surface area contributed by atoms with Gasteiger partial charge in [-0.1, -0.05) is 26.0 Å². The highest BCUT2D eigenvalue weighted by Crippen LogP contribution is 2.39. The molecule has 3 aromatic rings. The number of unbranched alkanes of at least 4 members (excludes halogenated alkanes) is 2. The van der Waals surface area contributed by atoms with Gasteiger partial charge in [0.1, 0.15) is 11.0 Å². The van der Waals surface area contributed by atoms with Crippen molar-refractivity contribution in [3.05, 3.63) is 53.9 Å². The summed E-state index contributed by atoms with van der Waals surface area (Å²) in [6.45, 7) is 5.30. The molecule has 0 bridgehead atoms. The summed E-state index contributed by atoms with van der Waals surface area (Å²) in [5.41, 5.74) is 4.19. The van der Waals surface area contributed by atoms with E-state index in [1.54, 1.807) is 23.1 Å². The number of hydrogen-bond acceptors (Lipinski definition) is 6. The van der Waals surface area contributed by atoms with Gasteiger partial charge >= 0.3 is 0 Å². The second kappa shape index (κ2) is 12.9. The van der Waals surface area contributed by atoms with Crippen LogP contribution in [-0.4, -0.2) is 25.6 Å². The Labute approximate surface area is 203 Å². The van der Waals surface area contributed by atoms with Gasteiger partial charge in [-0.2, -0.15) is 5.10 Å². The molecular formula is C25H31N5O3S. The summed E-state index contributed by atoms with van der Waals surface area (Å²) in [4.78, 5) is 4.31. The fraction of sp³-hybridized carbons (Fsp3) is 0.400. The average Bonchev–Trinajstić information content (AvgIpc) is 3.53. The minimum absolute atomic E-state index is 0.394. The third-order valence-corrected chi connectivity index (χ3v) is 6.16. The van der Waals surface area contributed by atoms with Gasteiger partial charge < -0.3 is 9.47 Å². The SMILES string of the molecule is CC.N#COc1c(-c2ccnc(OCCCCCn3ccc(S(N)=O)n3)c2)ccc2c1CCC2. The third kappa shape index (κ3) is 6.43. The van der Waals surface area contributed by atoms with E-state index in [0.29, 0.717) is 23.3 Å². The van der Waals surface area contributed by atoms with Crippen molar-refractivity contribution in [2.75, 3.05) is 6.61 Å². The second-order valence-corrected chi connectivity index (χ2v) is 8.65. The van der Waals surface area contributed by atoms with Gasteiger partial charge in [0, 0.05) is 30.6 Å². The first-order valence-corrected chi connectivity index (χ1v) is 12.9. The van der Waals surface area contributed by atoms with Gasteiger partial charge in [0.25, 0.3) is 6.26 Å². The Kier molecular flexibility index (Phi) is 9.62. The maximum absolute atomic E-state index is 11.2. The number of aromatic nitrogens is 3. The summed E-state index contributed by atoms with van der Waals surface area (Å²) in [6.07, 6.45) is 11.1. The topological polar surface area (TPSA) is 116 Å². The lowest BCUT2D eigenvalue weighted by molar-refractivity contribution is 0.292. The highest BCUT2D eigenvalue weighted by Gasteiger charge is 2.20. The number of pyridine rings is 1. The van der Waals surface area contributed by atoms with Gasteiger partial charge in [-0.15, -0.1) is 5.26 Å². The van der Waals surface area contributed by atoms with E-state index in [2.05, 4.69) is 16.1 Å². The lowest BCUT2D eigenvalue weighted by Crippen LogP contribution is -2.06. The molecule has 34 heavy (non-hydrogen) atoms. The number of rotatable bonds is 10. The molecule has 1 aliphatic carbocycles. The van der Waals surface area contributed by atoms with Gasteiger partial charge in [-0.3, -0.25) is 4.68 Å². The largest absolute Gasteiger partial charge is 0.478 e. The number of nitrogens with two attached hydrogens (primary N) is 1. The van der Waals surface area contributed by atoms with E-state index in [1.165, 1.54) is 5.56 Å². The molecule has 9 heteroatoms. The van der Waals surface area contributed by atoms with Crippen molar-refractivity contribution in [3.63, 3.8) is 0 Å². The van der Waals surface area contributed by atoms with E-state index in [0.717, 1.165) is 61.8 Å². The average molecular weight is 482 g/mol. The Hall–Kier alpha value is -3.22. The van der Waals surface area contributed by atoms with Crippen LogP contribution < -0.4 is 14.6 Å². The first-order chi connectivity index (χ1) is 16.7. The smallest absolute Gasteiger partial charge is 0.292 e. The molecule has 1 atom stereocenters. The molecule has 0 aliphatic heterocycles. The maximum atomic E-state index is 11.2. The number of nitrogens with zero attached hydrogens (tertiary/aromatic N) is 4. The molecule has 1 aromatic carbocycles. The van der Waals surface area contributed by atoms with E-state index < -0.39 is 11.0 Å². The van der Waals surface area contributed by atoms with Gasteiger partial charge in [-0.25, -0.2) is 14.3 Å². The summed E-state index contributed by atoms with van der Waals surface area (Å²) in [5.74, 6) is 1.20. The number of hydrogen-bond donors (Lipinski definition) is 1. The van der Waals surface area contributed by atoms with Gasteiger partial charge in [0.2, 0.25) is 5.88 Å². The zero-order chi connectivity index (χ0) is 24.3. The molecule has 1 aliphatic rings. The normalized spacial score (nSPS) is 12.8. The van der Waals surface area contributed by atoms with Crippen LogP contribution in [0.25, 0.3) is 11.1 Å². The molecule has 0 amide bonds. The minimum Gasteiger partial charge on any atom is -0.478 e. The monoisotopic (exact) mass is 481 g/mol. The summed E-state index contributed by atoms with van der Waals surface area (Å²) in [5, 5.41) is 19.0. The number of benzene rings is 1. The predicted molar refractivity (Wildman–Crippen MR) is 131 cm³/mol. The molecule has 0 saturated carbocycles. The molecule has 2 aromatic heterocycles. The van der Waals surface area contributed by atoms with Crippen LogP contribution in [0.2, 0.25) is 0 Å². The van der Waals surface area contributed by atoms with Crippen molar-refractivity contribution in [1.82, 2.24) is 14.8 Å². The van der Waals surface area contributed by atoms with E-state index in [-0.39, 0.29) is 0 Å². The zero-order valence-electron chi connectivity index (χ0n) is 19.7. The number of fused-ring (bicyclic) bond motifs is 1. The Morgan fingerprint density at radius 3 is 2.79 bits per heavy atom. The van der Waals surface area contributed by atoms with Crippen LogP contribution in [0.3, 0.4) is 0 Å². The van der Waals surface area contributed by atoms with Crippen LogP contribution in [0, 0.1) is 11.5 Å². The van der Waals surface area contributed by atoms with E-state index in [4.69, 9.17) is 19.9 Å². The van der Waals surface area contributed by atoms with E-state index >= 15 is 0 Å². The Balaban J connectivity index is 0.00000158. The molecular weight excluding hydrogens is 450 g/mol. The first-order valence-electron chi connectivity index (χ1n) is 11.7. The molecule has 0 spiro atoms. The quantitative estimate of drug-likeness (QED) is 0.335. The summed E-state index contributed by atoms with van der Waals surface area (Å²) >= 11 is 0. The van der Waals surface area contributed by atoms with Crippen LogP contribution in [0.4, 0.5) is 0 Å². The highest BCUT2D eigenvalue weighted by atomic mass is 32.2. The van der Waals surface area contributed by atoms with Crippen molar-refractivity contribution in [3.8, 4) is 29.0 Å². The van der Waals surface area contributed by atoms with Gasteiger partial charge in [0.15, 0.2) is 10.8 Å². The first kappa shape index (κ1) is 25.4. The number of aryl methyl sites for hydroxylation is 2. The van der Waals surface area contributed by atoms with Crippen molar-refractivity contribution < 1.29 is 13.7 Å². The predicted octanol–water partition coefficient (Wildman–Crippen LogP) is 4.55. The molecule has 4 rings (SSSR count). The van der Waals surface area contributed by atoms with Crippen LogP contribution >= 0.6 is 0 Å². The number of nitriles is 1. The van der Waals surface area contributed by atoms with Gasteiger partial charge in [-0.05, 0) is 67.3 Å². The molecule has 8 nitrogen and oxygen atoms in total. The van der Waals surface area contributed by atoms with Crippen molar-refractivity contribution in [2.45, 2.75) is 63.9 Å². The standard InChI is InChI=1S/C23H25N5O3S.C2H6/c24-16-31-23-19-6-4-5-17(19)7-8-20(23)18-9-11-26-21(15-18)30-14-3-1-2-12-28-13-10-22(27-28)32(25)29;1-2/h7-11,13,15H,1-6,12,14,25H2;1-2H3. The van der Waals surface area contributed by atoms with Crippen LogP contribution in [0.5, 0.6) is 11.6 Å². The molecule has 0 radical (unpaired) electrons. The van der Waals surface area contributed by atoms with E-state index in [1.807, 2.05) is 38.3 Å². The number of ether oxygens (including phenoxy) is 2. The fourth-order valence-corrected chi connectivity index (χ4v) is 4.36. The van der Waals surface area contributed by atoms with E-state index in [9.17, 15) is 4.21 Å². The summed E-state index contributed by atoms with van der Waals surface area (Å²) < 4.78 is 24.2. The lowest BCUT2D eigenvalue weighted by atomic mass is 9.99. The highest BCUT2D eigenvalue weighted by molar-refractivity contribution is 7.82. The van der Waals surface area contributed by atoms with Crippen molar-refractivity contribution >= 4 is 11.0 Å². The molecule has 1 unspecified atom stereocenters. The molecule has 180 valence electrons. The molecule has 0 saturated heterocycles. The van der Waals surface area contributed by atoms with Gasteiger partial charge in [0.05, 0.1) is 6.61 Å². The van der Waals surface area contributed by atoms with Crippen molar-refractivity contribution in [2.24, 2.45) is 5.14 Å². The van der Waals surface area contributed by atoms with Crippen LogP contribution in [0.1, 0.15) is 50.7 Å².